The summed E-state index contributed by atoms with van der Waals surface area (Å²) in [7, 11) is 1.54. The van der Waals surface area contributed by atoms with Crippen LogP contribution in [-0.4, -0.2) is 24.4 Å². The summed E-state index contributed by atoms with van der Waals surface area (Å²) in [6.45, 7) is 0. The Balaban J connectivity index is 2.18. The van der Waals surface area contributed by atoms with E-state index in [2.05, 4.69) is 0 Å². The van der Waals surface area contributed by atoms with Crippen molar-refractivity contribution < 1.29 is 14.6 Å². The fourth-order valence-corrected chi connectivity index (χ4v) is 2.04. The van der Waals surface area contributed by atoms with Gasteiger partial charge in [0, 0.05) is 6.07 Å². The molecule has 1 aliphatic carbocycles. The van der Waals surface area contributed by atoms with Crippen LogP contribution < -0.4 is 9.47 Å². The van der Waals surface area contributed by atoms with E-state index < -0.39 is 6.10 Å². The third-order valence-electron chi connectivity index (χ3n) is 2.99. The molecule has 0 bridgehead atoms. The molecule has 0 spiro atoms. The number of benzene rings is 1. The molecule has 17 heavy (non-hydrogen) atoms. The predicted octanol–water partition coefficient (Wildman–Crippen LogP) is 1.86. The first-order valence-electron chi connectivity index (χ1n) is 5.67. The normalized spacial score (nSPS) is 23.1. The van der Waals surface area contributed by atoms with E-state index in [1.807, 2.05) is 6.07 Å². The van der Waals surface area contributed by atoms with E-state index in [0.717, 1.165) is 19.3 Å². The van der Waals surface area contributed by atoms with Crippen LogP contribution in [0.4, 0.5) is 0 Å². The van der Waals surface area contributed by atoms with E-state index in [-0.39, 0.29) is 6.10 Å². The van der Waals surface area contributed by atoms with Crippen molar-refractivity contribution in [3.8, 4) is 17.6 Å². The van der Waals surface area contributed by atoms with Crippen LogP contribution in [0.1, 0.15) is 24.8 Å². The first-order chi connectivity index (χ1) is 8.24. The molecule has 0 aliphatic heterocycles. The predicted molar refractivity (Wildman–Crippen MR) is 62.0 cm³/mol. The summed E-state index contributed by atoms with van der Waals surface area (Å²) in [5.74, 6) is 1.11. The molecule has 1 fully saturated rings. The Morgan fingerprint density at radius 1 is 1.35 bits per heavy atom. The van der Waals surface area contributed by atoms with Crippen molar-refractivity contribution in [1.82, 2.24) is 0 Å². The average Bonchev–Trinajstić information content (AvgIpc) is 2.75. The molecule has 4 nitrogen and oxygen atoms in total. The number of hydrogen-bond acceptors (Lipinski definition) is 4. The van der Waals surface area contributed by atoms with Gasteiger partial charge in [-0.1, -0.05) is 0 Å². The zero-order chi connectivity index (χ0) is 12.3. The summed E-state index contributed by atoms with van der Waals surface area (Å²) in [5.41, 5.74) is 0.529. The maximum atomic E-state index is 9.70. The Labute approximate surface area is 100 Å². The van der Waals surface area contributed by atoms with E-state index in [9.17, 15) is 5.11 Å². The van der Waals surface area contributed by atoms with Crippen molar-refractivity contribution >= 4 is 0 Å². The van der Waals surface area contributed by atoms with E-state index in [4.69, 9.17) is 14.7 Å². The number of hydrogen-bond donors (Lipinski definition) is 1. The lowest BCUT2D eigenvalue weighted by Crippen LogP contribution is -2.25. The van der Waals surface area contributed by atoms with Crippen LogP contribution in [0, 0.1) is 11.3 Å². The maximum absolute atomic E-state index is 9.70. The molecule has 0 amide bonds. The second-order valence-electron chi connectivity index (χ2n) is 4.13. The van der Waals surface area contributed by atoms with Crippen LogP contribution in [0.15, 0.2) is 18.2 Å². The second kappa shape index (κ2) is 5.07. The van der Waals surface area contributed by atoms with Crippen molar-refractivity contribution in [1.29, 1.82) is 5.26 Å². The van der Waals surface area contributed by atoms with Gasteiger partial charge in [0.05, 0.1) is 24.8 Å². The van der Waals surface area contributed by atoms with Gasteiger partial charge in [0.1, 0.15) is 6.10 Å². The Morgan fingerprint density at radius 3 is 2.76 bits per heavy atom. The zero-order valence-electron chi connectivity index (χ0n) is 9.72. The molecule has 2 atom stereocenters. The van der Waals surface area contributed by atoms with Crippen LogP contribution in [0.2, 0.25) is 0 Å². The largest absolute Gasteiger partial charge is 0.493 e. The van der Waals surface area contributed by atoms with E-state index in [1.54, 1.807) is 18.2 Å². The Kier molecular flexibility index (Phi) is 3.50. The highest BCUT2D eigenvalue weighted by atomic mass is 16.5. The first kappa shape index (κ1) is 11.7. The number of aliphatic hydroxyl groups is 1. The minimum Gasteiger partial charge on any atom is -0.493 e. The first-order valence-corrected chi connectivity index (χ1v) is 5.67. The Morgan fingerprint density at radius 2 is 2.18 bits per heavy atom. The number of ether oxygens (including phenoxy) is 2. The van der Waals surface area contributed by atoms with Crippen LogP contribution in [-0.2, 0) is 0 Å². The van der Waals surface area contributed by atoms with Gasteiger partial charge in [-0.15, -0.1) is 0 Å². The summed E-state index contributed by atoms with van der Waals surface area (Å²) in [6, 6.07) is 7.07. The van der Waals surface area contributed by atoms with Gasteiger partial charge in [-0.3, -0.25) is 0 Å². The summed E-state index contributed by atoms with van der Waals surface area (Å²) in [4.78, 5) is 0. The van der Waals surface area contributed by atoms with E-state index in [0.29, 0.717) is 17.1 Å². The fraction of sp³-hybridized carbons (Fsp3) is 0.462. The topological polar surface area (TPSA) is 62.5 Å². The lowest BCUT2D eigenvalue weighted by molar-refractivity contribution is 0.0586. The van der Waals surface area contributed by atoms with Gasteiger partial charge in [0.15, 0.2) is 11.5 Å². The maximum Gasteiger partial charge on any atom is 0.162 e. The van der Waals surface area contributed by atoms with Gasteiger partial charge in [-0.05, 0) is 31.4 Å². The van der Waals surface area contributed by atoms with Crippen molar-refractivity contribution in [2.45, 2.75) is 31.5 Å². The van der Waals surface area contributed by atoms with Crippen LogP contribution in [0.3, 0.4) is 0 Å². The number of aliphatic hydroxyl groups excluding tert-OH is 1. The van der Waals surface area contributed by atoms with Gasteiger partial charge in [-0.2, -0.15) is 5.26 Å². The van der Waals surface area contributed by atoms with Crippen molar-refractivity contribution in [2.75, 3.05) is 7.11 Å². The molecule has 4 heteroatoms. The van der Waals surface area contributed by atoms with Gasteiger partial charge >= 0.3 is 0 Å². The van der Waals surface area contributed by atoms with Gasteiger partial charge < -0.3 is 14.6 Å². The number of methoxy groups -OCH3 is 1. The number of nitrogens with zero attached hydrogens (tertiary/aromatic N) is 1. The van der Waals surface area contributed by atoms with Gasteiger partial charge in [-0.25, -0.2) is 0 Å². The average molecular weight is 233 g/mol. The number of rotatable bonds is 3. The minimum atomic E-state index is -0.407. The summed E-state index contributed by atoms with van der Waals surface area (Å²) in [6.07, 6.45) is 2.03. The molecule has 1 aromatic rings. The third kappa shape index (κ3) is 2.51. The quantitative estimate of drug-likeness (QED) is 0.865. The monoisotopic (exact) mass is 233 g/mol. The number of nitriles is 1. The molecule has 0 aromatic heterocycles. The SMILES string of the molecule is COc1cc(C#N)ccc1O[C@@H]1CCC[C@H]1O. The molecular formula is C13H15NO3. The van der Waals surface area contributed by atoms with Crippen LogP contribution >= 0.6 is 0 Å². The fourth-order valence-electron chi connectivity index (χ4n) is 2.04. The van der Waals surface area contributed by atoms with Crippen molar-refractivity contribution in [2.24, 2.45) is 0 Å². The minimum absolute atomic E-state index is 0.170. The van der Waals surface area contributed by atoms with Crippen LogP contribution in [0.25, 0.3) is 0 Å². The highest BCUT2D eigenvalue weighted by molar-refractivity contribution is 5.46. The molecule has 0 saturated heterocycles. The van der Waals surface area contributed by atoms with E-state index in [1.165, 1.54) is 7.11 Å². The highest BCUT2D eigenvalue weighted by Gasteiger charge is 2.27. The van der Waals surface area contributed by atoms with E-state index >= 15 is 0 Å². The Hall–Kier alpha value is -1.73. The van der Waals surface area contributed by atoms with Gasteiger partial charge in [0.2, 0.25) is 0 Å². The Bertz CT molecular complexity index is 439. The lowest BCUT2D eigenvalue weighted by Gasteiger charge is -2.18. The summed E-state index contributed by atoms with van der Waals surface area (Å²) in [5, 5.41) is 18.5. The molecule has 0 radical (unpaired) electrons. The molecule has 90 valence electrons. The zero-order valence-corrected chi connectivity index (χ0v) is 9.72. The van der Waals surface area contributed by atoms with Crippen molar-refractivity contribution in [3.05, 3.63) is 23.8 Å². The third-order valence-corrected chi connectivity index (χ3v) is 2.99. The molecule has 2 rings (SSSR count). The van der Waals surface area contributed by atoms with Crippen molar-refractivity contribution in [3.63, 3.8) is 0 Å². The molecule has 1 N–H and O–H groups in total. The summed E-state index contributed by atoms with van der Waals surface area (Å²) >= 11 is 0. The molecule has 0 heterocycles. The molecule has 1 saturated carbocycles. The molecule has 1 aromatic carbocycles. The highest BCUT2D eigenvalue weighted by Crippen LogP contribution is 2.32. The smallest absolute Gasteiger partial charge is 0.162 e. The molecule has 0 unspecified atom stereocenters. The molecular weight excluding hydrogens is 218 g/mol. The standard InChI is InChI=1S/C13H15NO3/c1-16-13-7-9(8-14)5-6-12(13)17-11-4-2-3-10(11)15/h5-7,10-11,15H,2-4H2,1H3/t10-,11-/m1/s1. The second-order valence-corrected chi connectivity index (χ2v) is 4.13. The van der Waals surface area contributed by atoms with Gasteiger partial charge in [0.25, 0.3) is 0 Å². The summed E-state index contributed by atoms with van der Waals surface area (Å²) < 4.78 is 10.9. The lowest BCUT2D eigenvalue weighted by atomic mass is 10.2. The molecule has 1 aliphatic rings. The van der Waals surface area contributed by atoms with Crippen LogP contribution in [0.5, 0.6) is 11.5 Å².